The van der Waals surface area contributed by atoms with Gasteiger partial charge in [-0.3, -0.25) is 0 Å². The molecule has 0 aliphatic rings. The van der Waals surface area contributed by atoms with E-state index in [2.05, 4.69) is 27.7 Å². The molecule has 0 radical (unpaired) electrons. The summed E-state index contributed by atoms with van der Waals surface area (Å²) < 4.78 is 10.7. The van der Waals surface area contributed by atoms with Gasteiger partial charge < -0.3 is 9.26 Å². The molecular formula is C11H8INO3. The van der Waals surface area contributed by atoms with Crippen molar-refractivity contribution in [3.05, 3.63) is 45.2 Å². The van der Waals surface area contributed by atoms with Crippen molar-refractivity contribution in [2.45, 2.75) is 6.92 Å². The Bertz CT molecular complexity index is 521. The van der Waals surface area contributed by atoms with E-state index in [1.807, 2.05) is 12.1 Å². The lowest BCUT2D eigenvalue weighted by atomic mass is 10.2. The molecule has 0 spiro atoms. The fraction of sp³-hybridized carbons (Fsp3) is 0.0909. The molecule has 1 aromatic carbocycles. The van der Waals surface area contributed by atoms with Crippen LogP contribution >= 0.6 is 22.6 Å². The van der Waals surface area contributed by atoms with E-state index in [0.29, 0.717) is 11.3 Å². The highest BCUT2D eigenvalue weighted by atomic mass is 127. The Hall–Kier alpha value is -1.37. The van der Waals surface area contributed by atoms with E-state index >= 15 is 0 Å². The molecule has 4 nitrogen and oxygen atoms in total. The zero-order chi connectivity index (χ0) is 11.5. The number of ether oxygens (including phenoxy) is 1. The fourth-order valence-corrected chi connectivity index (χ4v) is 1.78. The van der Waals surface area contributed by atoms with Gasteiger partial charge in [-0.2, -0.15) is 0 Å². The summed E-state index contributed by atoms with van der Waals surface area (Å²) in [4.78, 5) is 11.7. The molecule has 2 rings (SSSR count). The molecule has 16 heavy (non-hydrogen) atoms. The van der Waals surface area contributed by atoms with E-state index in [0.717, 1.165) is 3.57 Å². The molecule has 2 aromatic rings. The van der Waals surface area contributed by atoms with E-state index in [1.54, 1.807) is 25.1 Å². The molecule has 0 bridgehead atoms. The van der Waals surface area contributed by atoms with Crippen LogP contribution < -0.4 is 4.74 Å². The smallest absolute Gasteiger partial charge is 0.346 e. The van der Waals surface area contributed by atoms with Crippen molar-refractivity contribution < 1.29 is 14.1 Å². The quantitative estimate of drug-likeness (QED) is 0.628. The number of carbonyl (C=O) groups is 1. The standard InChI is InChI=1S/C11H8INO3/c1-7-6-10(13-16-7)15-11(14)8-4-2-3-5-9(8)12/h2-6H,1H3. The summed E-state index contributed by atoms with van der Waals surface area (Å²) in [7, 11) is 0. The highest BCUT2D eigenvalue weighted by molar-refractivity contribution is 14.1. The summed E-state index contributed by atoms with van der Waals surface area (Å²) in [6.07, 6.45) is 0. The first kappa shape index (κ1) is 11.1. The second-order valence-corrected chi connectivity index (χ2v) is 4.31. The molecule has 0 saturated heterocycles. The van der Waals surface area contributed by atoms with Gasteiger partial charge in [0.25, 0.3) is 5.88 Å². The van der Waals surface area contributed by atoms with Crippen molar-refractivity contribution >= 4 is 28.6 Å². The first-order valence-corrected chi connectivity index (χ1v) is 5.65. The van der Waals surface area contributed by atoms with Gasteiger partial charge in [0.1, 0.15) is 5.76 Å². The Kier molecular flexibility index (Phi) is 3.23. The predicted molar refractivity (Wildman–Crippen MR) is 65.4 cm³/mol. The average Bonchev–Trinajstić information content (AvgIpc) is 2.64. The van der Waals surface area contributed by atoms with Crippen LogP contribution in [0.4, 0.5) is 0 Å². The van der Waals surface area contributed by atoms with Gasteiger partial charge in [-0.05, 0) is 46.8 Å². The van der Waals surface area contributed by atoms with Crippen molar-refractivity contribution in [2.24, 2.45) is 0 Å². The van der Waals surface area contributed by atoms with Gasteiger partial charge in [0.05, 0.1) is 5.56 Å². The number of rotatable bonds is 2. The van der Waals surface area contributed by atoms with Crippen LogP contribution in [0.5, 0.6) is 5.88 Å². The third kappa shape index (κ3) is 2.41. The lowest BCUT2D eigenvalue weighted by molar-refractivity contribution is 0.0719. The number of aryl methyl sites for hydroxylation is 1. The molecule has 5 heteroatoms. The van der Waals surface area contributed by atoms with E-state index in [-0.39, 0.29) is 5.88 Å². The molecule has 0 saturated carbocycles. The zero-order valence-electron chi connectivity index (χ0n) is 8.44. The van der Waals surface area contributed by atoms with E-state index in [4.69, 9.17) is 9.26 Å². The first-order valence-electron chi connectivity index (χ1n) is 4.57. The Morgan fingerprint density at radius 3 is 2.81 bits per heavy atom. The Balaban J connectivity index is 2.18. The predicted octanol–water partition coefficient (Wildman–Crippen LogP) is 2.81. The summed E-state index contributed by atoms with van der Waals surface area (Å²) in [6.45, 7) is 1.73. The third-order valence-corrected chi connectivity index (χ3v) is 2.84. The zero-order valence-corrected chi connectivity index (χ0v) is 10.6. The van der Waals surface area contributed by atoms with E-state index in [9.17, 15) is 4.79 Å². The molecule has 0 N–H and O–H groups in total. The molecule has 1 heterocycles. The topological polar surface area (TPSA) is 52.3 Å². The summed E-state index contributed by atoms with van der Waals surface area (Å²) in [5.41, 5.74) is 0.517. The van der Waals surface area contributed by atoms with Gasteiger partial charge in [0, 0.05) is 9.64 Å². The number of benzene rings is 1. The number of hydrogen-bond acceptors (Lipinski definition) is 4. The number of esters is 1. The van der Waals surface area contributed by atoms with Gasteiger partial charge in [-0.25, -0.2) is 4.79 Å². The second kappa shape index (κ2) is 4.65. The van der Waals surface area contributed by atoms with Crippen molar-refractivity contribution in [1.82, 2.24) is 5.16 Å². The third-order valence-electron chi connectivity index (χ3n) is 1.90. The number of nitrogens with zero attached hydrogens (tertiary/aromatic N) is 1. The molecule has 0 fully saturated rings. The summed E-state index contributed by atoms with van der Waals surface area (Å²) in [5.74, 6) is 0.353. The second-order valence-electron chi connectivity index (χ2n) is 3.15. The Morgan fingerprint density at radius 1 is 1.44 bits per heavy atom. The molecule has 0 atom stereocenters. The van der Waals surface area contributed by atoms with Crippen LogP contribution in [-0.4, -0.2) is 11.1 Å². The van der Waals surface area contributed by atoms with Gasteiger partial charge in [0.15, 0.2) is 0 Å². The van der Waals surface area contributed by atoms with E-state index in [1.165, 1.54) is 0 Å². The summed E-state index contributed by atoms with van der Waals surface area (Å²) >= 11 is 2.08. The summed E-state index contributed by atoms with van der Waals surface area (Å²) in [6, 6.07) is 8.75. The number of carbonyl (C=O) groups excluding carboxylic acids is 1. The SMILES string of the molecule is Cc1cc(OC(=O)c2ccccc2I)no1. The lowest BCUT2D eigenvalue weighted by Gasteiger charge is -2.01. The van der Waals surface area contributed by atoms with Crippen molar-refractivity contribution in [2.75, 3.05) is 0 Å². The van der Waals surface area contributed by atoms with Crippen LogP contribution in [0, 0.1) is 10.5 Å². The normalized spacial score (nSPS) is 10.1. The minimum absolute atomic E-state index is 0.183. The van der Waals surface area contributed by atoms with Gasteiger partial charge in [-0.1, -0.05) is 12.1 Å². The van der Waals surface area contributed by atoms with Crippen LogP contribution in [0.1, 0.15) is 16.1 Å². The maximum absolute atomic E-state index is 11.7. The summed E-state index contributed by atoms with van der Waals surface area (Å²) in [5, 5.41) is 3.59. The van der Waals surface area contributed by atoms with Crippen LogP contribution in [0.15, 0.2) is 34.9 Å². The average molecular weight is 329 g/mol. The number of hydrogen-bond donors (Lipinski definition) is 0. The molecule has 0 aliphatic heterocycles. The van der Waals surface area contributed by atoms with Crippen molar-refractivity contribution in [3.8, 4) is 5.88 Å². The maximum atomic E-state index is 11.7. The number of halogens is 1. The monoisotopic (exact) mass is 329 g/mol. The molecular weight excluding hydrogens is 321 g/mol. The fourth-order valence-electron chi connectivity index (χ4n) is 1.17. The van der Waals surface area contributed by atoms with Crippen molar-refractivity contribution in [1.29, 1.82) is 0 Å². The van der Waals surface area contributed by atoms with Gasteiger partial charge in [-0.15, -0.1) is 0 Å². The van der Waals surface area contributed by atoms with Crippen LogP contribution in [-0.2, 0) is 0 Å². The molecule has 0 unspecified atom stereocenters. The lowest BCUT2D eigenvalue weighted by Crippen LogP contribution is -2.10. The first-order chi connectivity index (χ1) is 7.66. The van der Waals surface area contributed by atoms with E-state index < -0.39 is 5.97 Å². The van der Waals surface area contributed by atoms with Crippen LogP contribution in [0.3, 0.4) is 0 Å². The largest absolute Gasteiger partial charge is 0.400 e. The minimum atomic E-state index is -0.432. The Labute approximate surface area is 106 Å². The molecule has 0 aliphatic carbocycles. The number of aromatic nitrogens is 1. The minimum Gasteiger partial charge on any atom is -0.400 e. The molecule has 1 aromatic heterocycles. The maximum Gasteiger partial charge on any atom is 0.346 e. The Morgan fingerprint density at radius 2 is 2.19 bits per heavy atom. The van der Waals surface area contributed by atoms with Crippen LogP contribution in [0.2, 0.25) is 0 Å². The highest BCUT2D eigenvalue weighted by Crippen LogP contribution is 2.16. The van der Waals surface area contributed by atoms with Crippen LogP contribution in [0.25, 0.3) is 0 Å². The van der Waals surface area contributed by atoms with Crippen molar-refractivity contribution in [3.63, 3.8) is 0 Å². The van der Waals surface area contributed by atoms with Gasteiger partial charge >= 0.3 is 5.97 Å². The molecule has 82 valence electrons. The highest BCUT2D eigenvalue weighted by Gasteiger charge is 2.13. The molecule has 0 amide bonds. The van der Waals surface area contributed by atoms with Gasteiger partial charge in [0.2, 0.25) is 0 Å².